The normalized spacial score (nSPS) is 15.2. The van der Waals surface area contributed by atoms with E-state index in [9.17, 15) is 9.90 Å². The second kappa shape index (κ2) is 10.5. The van der Waals surface area contributed by atoms with E-state index in [0.29, 0.717) is 49.0 Å². The molecule has 1 unspecified atom stereocenters. The molecule has 2 aromatic carbocycles. The summed E-state index contributed by atoms with van der Waals surface area (Å²) in [6.07, 6.45) is 1.68. The van der Waals surface area contributed by atoms with Gasteiger partial charge >= 0.3 is 0 Å². The number of methoxy groups -OCH3 is 1. The van der Waals surface area contributed by atoms with Crippen molar-refractivity contribution in [2.24, 2.45) is 5.92 Å². The first kappa shape index (κ1) is 24.8. The van der Waals surface area contributed by atoms with Gasteiger partial charge in [0.05, 0.1) is 12.6 Å². The van der Waals surface area contributed by atoms with Crippen LogP contribution in [-0.2, 0) is 4.74 Å². The van der Waals surface area contributed by atoms with Crippen molar-refractivity contribution in [2.45, 2.75) is 46.6 Å². The Bertz CT molecular complexity index is 1200. The van der Waals surface area contributed by atoms with Crippen molar-refractivity contribution in [1.29, 1.82) is 0 Å². The summed E-state index contributed by atoms with van der Waals surface area (Å²) in [5, 5.41) is 18.4. The topological polar surface area (TPSA) is 87.7 Å². The molecular formula is C28H35N3O4. The van der Waals surface area contributed by atoms with Crippen LogP contribution >= 0.6 is 0 Å². The molecule has 35 heavy (non-hydrogen) atoms. The number of rotatable bonds is 10. The fraction of sp³-hybridized carbons (Fsp3) is 0.429. The van der Waals surface area contributed by atoms with E-state index < -0.39 is 0 Å². The summed E-state index contributed by atoms with van der Waals surface area (Å²) in [5.74, 6) is 1.41. The zero-order chi connectivity index (χ0) is 25.1. The van der Waals surface area contributed by atoms with Gasteiger partial charge in [-0.15, -0.1) is 0 Å². The van der Waals surface area contributed by atoms with Crippen LogP contribution in [0.25, 0.3) is 11.3 Å². The molecule has 0 spiro atoms. The number of aromatic nitrogens is 2. The lowest BCUT2D eigenvalue weighted by atomic mass is 9.94. The van der Waals surface area contributed by atoms with E-state index in [1.54, 1.807) is 7.11 Å². The van der Waals surface area contributed by atoms with Crippen LogP contribution in [0.5, 0.6) is 11.5 Å². The number of fused-ring (bicyclic) bond motifs is 1. The fourth-order valence-corrected chi connectivity index (χ4v) is 4.69. The quantitative estimate of drug-likeness (QED) is 0.382. The SMILES string of the molecule is COCCCN1C(=O)c2[nH]nc(-c3cc(C)cc(C)c3O)c2C1c1cccc(OCCC(C)C)c1. The highest BCUT2D eigenvalue weighted by Gasteiger charge is 2.42. The lowest BCUT2D eigenvalue weighted by Crippen LogP contribution is -2.31. The van der Waals surface area contributed by atoms with Crippen LogP contribution in [0.1, 0.15) is 65.5 Å². The minimum atomic E-state index is -0.350. The number of phenolic OH excluding ortho intramolecular Hbond substituents is 1. The van der Waals surface area contributed by atoms with Crippen molar-refractivity contribution in [3.63, 3.8) is 0 Å². The number of aromatic amines is 1. The number of benzene rings is 2. The number of nitrogens with one attached hydrogen (secondary N) is 1. The Morgan fingerprint density at radius 2 is 1.97 bits per heavy atom. The summed E-state index contributed by atoms with van der Waals surface area (Å²) in [4.78, 5) is 15.3. The first-order chi connectivity index (χ1) is 16.8. The number of hydrogen-bond donors (Lipinski definition) is 2. The van der Waals surface area contributed by atoms with Gasteiger partial charge in [-0.25, -0.2) is 0 Å². The van der Waals surface area contributed by atoms with E-state index in [-0.39, 0.29) is 17.7 Å². The highest BCUT2D eigenvalue weighted by Crippen LogP contribution is 2.45. The number of aromatic hydroxyl groups is 1. The number of carbonyl (C=O) groups excluding carboxylic acids is 1. The molecule has 0 saturated carbocycles. The van der Waals surface area contributed by atoms with E-state index in [4.69, 9.17) is 9.47 Å². The zero-order valence-electron chi connectivity index (χ0n) is 21.2. The van der Waals surface area contributed by atoms with E-state index >= 15 is 0 Å². The van der Waals surface area contributed by atoms with Gasteiger partial charge in [-0.2, -0.15) is 5.10 Å². The van der Waals surface area contributed by atoms with Crippen molar-refractivity contribution >= 4 is 5.91 Å². The molecule has 7 nitrogen and oxygen atoms in total. The largest absolute Gasteiger partial charge is 0.507 e. The number of ether oxygens (including phenoxy) is 2. The van der Waals surface area contributed by atoms with E-state index in [2.05, 4.69) is 24.0 Å². The van der Waals surface area contributed by atoms with E-state index in [0.717, 1.165) is 34.4 Å². The third-order valence-electron chi connectivity index (χ3n) is 6.45. The Balaban J connectivity index is 1.78. The third kappa shape index (κ3) is 5.05. The molecule has 0 bridgehead atoms. The second-order valence-corrected chi connectivity index (χ2v) is 9.69. The number of carbonyl (C=O) groups is 1. The molecule has 0 fully saturated rings. The summed E-state index contributed by atoms with van der Waals surface area (Å²) < 4.78 is 11.3. The number of amides is 1. The number of H-pyrrole nitrogens is 1. The summed E-state index contributed by atoms with van der Waals surface area (Å²) in [7, 11) is 1.66. The van der Waals surface area contributed by atoms with Crippen molar-refractivity contribution in [1.82, 2.24) is 15.1 Å². The van der Waals surface area contributed by atoms with Crippen molar-refractivity contribution in [3.8, 4) is 22.8 Å². The maximum atomic E-state index is 13.5. The maximum absolute atomic E-state index is 13.5. The highest BCUT2D eigenvalue weighted by atomic mass is 16.5. The molecule has 1 amide bonds. The first-order valence-corrected chi connectivity index (χ1v) is 12.2. The van der Waals surface area contributed by atoms with Gasteiger partial charge in [0, 0.05) is 31.4 Å². The molecule has 186 valence electrons. The lowest BCUT2D eigenvalue weighted by Gasteiger charge is -2.27. The zero-order valence-corrected chi connectivity index (χ0v) is 21.2. The predicted molar refractivity (Wildman–Crippen MR) is 136 cm³/mol. The molecule has 1 aromatic heterocycles. The average Bonchev–Trinajstić information content (AvgIpc) is 3.35. The molecule has 7 heteroatoms. The molecule has 0 saturated heterocycles. The molecule has 3 aromatic rings. The summed E-state index contributed by atoms with van der Waals surface area (Å²) >= 11 is 0. The van der Waals surface area contributed by atoms with Crippen LogP contribution in [0, 0.1) is 19.8 Å². The van der Waals surface area contributed by atoms with Gasteiger partial charge in [0.25, 0.3) is 5.91 Å². The fourth-order valence-electron chi connectivity index (χ4n) is 4.69. The molecule has 1 atom stereocenters. The average molecular weight is 478 g/mol. The van der Waals surface area contributed by atoms with E-state index in [1.807, 2.05) is 55.1 Å². The van der Waals surface area contributed by atoms with Crippen LogP contribution in [-0.4, -0.2) is 53.0 Å². The molecule has 4 rings (SSSR count). The maximum Gasteiger partial charge on any atom is 0.273 e. The number of phenols is 1. The summed E-state index contributed by atoms with van der Waals surface area (Å²) in [5.41, 5.74) is 5.21. The number of hydrogen-bond acceptors (Lipinski definition) is 5. The van der Waals surface area contributed by atoms with Crippen LogP contribution in [0.2, 0.25) is 0 Å². The third-order valence-corrected chi connectivity index (χ3v) is 6.45. The minimum absolute atomic E-state index is 0.102. The van der Waals surface area contributed by atoms with Gasteiger partial charge in [0.15, 0.2) is 0 Å². The molecule has 2 heterocycles. The van der Waals surface area contributed by atoms with Crippen LogP contribution in [0.15, 0.2) is 36.4 Å². The Morgan fingerprint density at radius 1 is 1.17 bits per heavy atom. The Hall–Kier alpha value is -3.32. The smallest absolute Gasteiger partial charge is 0.273 e. The Kier molecular flexibility index (Phi) is 7.45. The van der Waals surface area contributed by atoms with Crippen molar-refractivity contribution in [3.05, 3.63) is 64.3 Å². The molecular weight excluding hydrogens is 442 g/mol. The van der Waals surface area contributed by atoms with Crippen molar-refractivity contribution in [2.75, 3.05) is 26.9 Å². The first-order valence-electron chi connectivity index (χ1n) is 12.2. The van der Waals surface area contributed by atoms with Crippen LogP contribution < -0.4 is 4.74 Å². The van der Waals surface area contributed by atoms with Gasteiger partial charge in [0.2, 0.25) is 0 Å². The second-order valence-electron chi connectivity index (χ2n) is 9.69. The molecule has 1 aliphatic heterocycles. The number of aryl methyl sites for hydroxylation is 2. The summed E-state index contributed by atoms with van der Waals surface area (Å²) in [6, 6.07) is 11.4. The Morgan fingerprint density at radius 3 is 2.71 bits per heavy atom. The molecule has 0 radical (unpaired) electrons. The van der Waals surface area contributed by atoms with Crippen molar-refractivity contribution < 1.29 is 19.4 Å². The molecule has 0 aliphatic carbocycles. The van der Waals surface area contributed by atoms with Gasteiger partial charge < -0.3 is 19.5 Å². The monoisotopic (exact) mass is 477 g/mol. The number of nitrogens with zero attached hydrogens (tertiary/aromatic N) is 2. The van der Waals surface area contributed by atoms with Crippen LogP contribution in [0.3, 0.4) is 0 Å². The molecule has 2 N–H and O–H groups in total. The predicted octanol–water partition coefficient (Wildman–Crippen LogP) is 5.41. The lowest BCUT2D eigenvalue weighted by molar-refractivity contribution is 0.0723. The van der Waals surface area contributed by atoms with Gasteiger partial charge in [-0.3, -0.25) is 9.89 Å². The standard InChI is InChI=1S/C28H35N3O4/c1-17(2)10-13-35-21-9-6-8-20(16-21)26-23-24(22-15-18(3)14-19(4)27(22)32)29-30-25(23)28(33)31(26)11-7-12-34-5/h6,8-9,14-17,26,32H,7,10-13H2,1-5H3,(H,29,30). The minimum Gasteiger partial charge on any atom is -0.507 e. The van der Waals surface area contributed by atoms with Gasteiger partial charge in [0.1, 0.15) is 22.9 Å². The summed E-state index contributed by atoms with van der Waals surface area (Å²) in [6.45, 7) is 9.94. The van der Waals surface area contributed by atoms with Gasteiger partial charge in [-0.05, 0) is 67.5 Å². The van der Waals surface area contributed by atoms with E-state index in [1.165, 1.54) is 0 Å². The Labute approximate surface area is 207 Å². The van der Waals surface area contributed by atoms with Crippen LogP contribution in [0.4, 0.5) is 0 Å². The highest BCUT2D eigenvalue weighted by molar-refractivity contribution is 6.00. The molecule has 1 aliphatic rings. The van der Waals surface area contributed by atoms with Gasteiger partial charge in [-0.1, -0.05) is 32.0 Å².